The SMILES string of the molecule is COC(=O)/C(=C(/C)NCc1ccccc1)[C@H](N)C(=O)OCc1cccc(F)c1. The standard InChI is InChI=1S/C21H23FN2O4/c1-14(24-12-15-7-4-3-5-8-15)18(20(25)27-2)19(23)21(26)28-13-16-9-6-10-17(22)11-16/h3-11,19,24H,12-13,23H2,1-2H3/b18-14-/t19-/m0/s1. The van der Waals surface area contributed by atoms with Gasteiger partial charge in [0.2, 0.25) is 0 Å². The lowest BCUT2D eigenvalue weighted by molar-refractivity contribution is -0.148. The van der Waals surface area contributed by atoms with Gasteiger partial charge in [0.1, 0.15) is 18.5 Å². The molecule has 0 unspecified atom stereocenters. The van der Waals surface area contributed by atoms with Gasteiger partial charge in [0.05, 0.1) is 12.7 Å². The maximum absolute atomic E-state index is 13.2. The van der Waals surface area contributed by atoms with Crippen molar-refractivity contribution in [3.8, 4) is 0 Å². The number of halogens is 1. The molecule has 28 heavy (non-hydrogen) atoms. The third-order valence-electron chi connectivity index (χ3n) is 4.04. The van der Waals surface area contributed by atoms with E-state index in [-0.39, 0.29) is 12.2 Å². The normalized spacial score (nSPS) is 12.6. The summed E-state index contributed by atoms with van der Waals surface area (Å²) in [4.78, 5) is 24.5. The second-order valence-corrected chi connectivity index (χ2v) is 6.08. The monoisotopic (exact) mass is 386 g/mol. The van der Waals surface area contributed by atoms with E-state index in [2.05, 4.69) is 5.32 Å². The molecule has 2 aromatic rings. The van der Waals surface area contributed by atoms with E-state index >= 15 is 0 Å². The van der Waals surface area contributed by atoms with Crippen LogP contribution < -0.4 is 11.1 Å². The minimum atomic E-state index is -1.34. The first-order valence-electron chi connectivity index (χ1n) is 8.66. The van der Waals surface area contributed by atoms with Gasteiger partial charge >= 0.3 is 11.9 Å². The highest BCUT2D eigenvalue weighted by atomic mass is 19.1. The van der Waals surface area contributed by atoms with Crippen molar-refractivity contribution in [3.63, 3.8) is 0 Å². The Labute approximate surface area is 163 Å². The van der Waals surface area contributed by atoms with Gasteiger partial charge in [-0.05, 0) is 30.2 Å². The minimum Gasteiger partial charge on any atom is -0.466 e. The topological polar surface area (TPSA) is 90.6 Å². The first-order valence-corrected chi connectivity index (χ1v) is 8.66. The van der Waals surface area contributed by atoms with Gasteiger partial charge in [0.15, 0.2) is 0 Å². The molecule has 0 aromatic heterocycles. The number of carbonyl (C=O) groups is 2. The molecule has 1 atom stereocenters. The molecule has 0 aliphatic carbocycles. The Morgan fingerprint density at radius 2 is 1.79 bits per heavy atom. The van der Waals surface area contributed by atoms with Gasteiger partial charge in [-0.1, -0.05) is 42.5 Å². The van der Waals surface area contributed by atoms with Crippen molar-refractivity contribution >= 4 is 11.9 Å². The highest BCUT2D eigenvalue weighted by molar-refractivity contribution is 5.98. The molecule has 7 heteroatoms. The Hall–Kier alpha value is -3.19. The molecule has 148 valence electrons. The molecule has 0 amide bonds. The Morgan fingerprint density at radius 1 is 1.11 bits per heavy atom. The molecule has 2 aromatic carbocycles. The number of esters is 2. The molecule has 0 saturated heterocycles. The number of nitrogens with one attached hydrogen (secondary N) is 1. The highest BCUT2D eigenvalue weighted by Gasteiger charge is 2.28. The summed E-state index contributed by atoms with van der Waals surface area (Å²) in [6.07, 6.45) is 0. The molecule has 0 bridgehead atoms. The van der Waals surface area contributed by atoms with Gasteiger partial charge in [-0.15, -0.1) is 0 Å². The van der Waals surface area contributed by atoms with Gasteiger partial charge in [-0.25, -0.2) is 14.0 Å². The first-order chi connectivity index (χ1) is 13.4. The summed E-state index contributed by atoms with van der Waals surface area (Å²) in [7, 11) is 1.21. The van der Waals surface area contributed by atoms with Crippen LogP contribution in [-0.2, 0) is 32.2 Å². The molecule has 3 N–H and O–H groups in total. The Morgan fingerprint density at radius 3 is 2.43 bits per heavy atom. The third kappa shape index (κ3) is 5.92. The number of methoxy groups -OCH3 is 1. The van der Waals surface area contributed by atoms with Crippen LogP contribution >= 0.6 is 0 Å². The van der Waals surface area contributed by atoms with Crippen LogP contribution in [0, 0.1) is 5.82 Å². The van der Waals surface area contributed by atoms with E-state index < -0.39 is 23.8 Å². The van der Waals surface area contributed by atoms with Crippen LogP contribution in [0.15, 0.2) is 65.9 Å². The molecule has 0 fully saturated rings. The van der Waals surface area contributed by atoms with Crippen molar-refractivity contribution in [1.82, 2.24) is 5.32 Å². The maximum atomic E-state index is 13.2. The molecule has 0 radical (unpaired) electrons. The molecule has 0 spiro atoms. The Bertz CT molecular complexity index is 852. The van der Waals surface area contributed by atoms with Crippen molar-refractivity contribution in [2.24, 2.45) is 5.73 Å². The summed E-state index contributed by atoms with van der Waals surface area (Å²) in [6.45, 7) is 1.92. The average molecular weight is 386 g/mol. The van der Waals surface area contributed by atoms with Gasteiger partial charge in [-0.2, -0.15) is 0 Å². The molecule has 6 nitrogen and oxygen atoms in total. The van der Waals surface area contributed by atoms with Crippen molar-refractivity contribution in [2.75, 3.05) is 7.11 Å². The lowest BCUT2D eigenvalue weighted by Crippen LogP contribution is -2.39. The van der Waals surface area contributed by atoms with Gasteiger partial charge in [0, 0.05) is 12.2 Å². The number of hydrogen-bond donors (Lipinski definition) is 2. The molecule has 0 heterocycles. The Balaban J connectivity index is 2.09. The fraction of sp³-hybridized carbons (Fsp3) is 0.238. The molecule has 2 rings (SSSR count). The second-order valence-electron chi connectivity index (χ2n) is 6.08. The van der Waals surface area contributed by atoms with Crippen LogP contribution in [0.1, 0.15) is 18.1 Å². The second kappa shape index (κ2) is 10.2. The van der Waals surface area contributed by atoms with Crippen LogP contribution in [0.5, 0.6) is 0 Å². The van der Waals surface area contributed by atoms with Gasteiger partial charge in [0.25, 0.3) is 0 Å². The molecule has 0 saturated carbocycles. The smallest absolute Gasteiger partial charge is 0.337 e. The Kier molecular flexibility index (Phi) is 7.71. The summed E-state index contributed by atoms with van der Waals surface area (Å²) < 4.78 is 23.1. The van der Waals surface area contributed by atoms with Crippen molar-refractivity contribution < 1.29 is 23.5 Å². The van der Waals surface area contributed by atoms with E-state index in [1.165, 1.54) is 25.3 Å². The number of nitrogens with two attached hydrogens (primary N) is 1. The number of benzene rings is 2. The lowest BCUT2D eigenvalue weighted by Gasteiger charge is -2.18. The number of rotatable bonds is 8. The van der Waals surface area contributed by atoms with Crippen LogP contribution in [0.3, 0.4) is 0 Å². The summed E-state index contributed by atoms with van der Waals surface area (Å²) in [5, 5.41) is 3.07. The highest BCUT2D eigenvalue weighted by Crippen LogP contribution is 2.12. The zero-order valence-electron chi connectivity index (χ0n) is 15.8. The number of carbonyl (C=O) groups excluding carboxylic acids is 2. The van der Waals surface area contributed by atoms with E-state index in [0.29, 0.717) is 17.8 Å². The number of hydrogen-bond acceptors (Lipinski definition) is 6. The van der Waals surface area contributed by atoms with E-state index in [1.54, 1.807) is 13.0 Å². The minimum absolute atomic E-state index is 0.0253. The van der Waals surface area contributed by atoms with E-state index in [0.717, 1.165) is 5.56 Å². The van der Waals surface area contributed by atoms with Crippen molar-refractivity contribution in [3.05, 3.63) is 82.8 Å². The van der Waals surface area contributed by atoms with E-state index in [9.17, 15) is 14.0 Å². The quantitative estimate of drug-likeness (QED) is 0.535. The van der Waals surface area contributed by atoms with Crippen LogP contribution in [0.25, 0.3) is 0 Å². The third-order valence-corrected chi connectivity index (χ3v) is 4.04. The van der Waals surface area contributed by atoms with Crippen molar-refractivity contribution in [2.45, 2.75) is 26.1 Å². The van der Waals surface area contributed by atoms with Crippen LogP contribution in [0.2, 0.25) is 0 Å². The summed E-state index contributed by atoms with van der Waals surface area (Å²) in [5.74, 6) is -1.98. The zero-order chi connectivity index (χ0) is 20.5. The van der Waals surface area contributed by atoms with Gasteiger partial charge in [-0.3, -0.25) is 0 Å². The maximum Gasteiger partial charge on any atom is 0.337 e. The number of allylic oxidation sites excluding steroid dienone is 1. The zero-order valence-corrected chi connectivity index (χ0v) is 15.8. The first kappa shape index (κ1) is 21.1. The largest absolute Gasteiger partial charge is 0.466 e. The van der Waals surface area contributed by atoms with E-state index in [4.69, 9.17) is 15.2 Å². The van der Waals surface area contributed by atoms with Crippen LogP contribution in [0.4, 0.5) is 4.39 Å². The van der Waals surface area contributed by atoms with E-state index in [1.807, 2.05) is 30.3 Å². The molecular formula is C21H23FN2O4. The molecule has 0 aliphatic heterocycles. The predicted molar refractivity (Wildman–Crippen MR) is 102 cm³/mol. The molecular weight excluding hydrogens is 363 g/mol. The summed E-state index contributed by atoms with van der Waals surface area (Å²) in [6, 6.07) is 13.9. The number of ether oxygens (including phenoxy) is 2. The average Bonchev–Trinajstić information content (AvgIpc) is 2.71. The summed E-state index contributed by atoms with van der Waals surface area (Å²) >= 11 is 0. The lowest BCUT2D eigenvalue weighted by atomic mass is 10.1. The van der Waals surface area contributed by atoms with Crippen molar-refractivity contribution in [1.29, 1.82) is 0 Å². The van der Waals surface area contributed by atoms with Gasteiger partial charge < -0.3 is 20.5 Å². The fourth-order valence-electron chi connectivity index (χ4n) is 2.54. The predicted octanol–water partition coefficient (Wildman–Crippen LogP) is 2.43. The summed E-state index contributed by atoms with van der Waals surface area (Å²) in [5.41, 5.74) is 7.81. The fourth-order valence-corrected chi connectivity index (χ4v) is 2.54. The molecule has 0 aliphatic rings. The van der Waals surface area contributed by atoms with Crippen LogP contribution in [-0.4, -0.2) is 25.1 Å².